The molecule has 0 fully saturated rings. The third kappa shape index (κ3) is 2.31. The predicted octanol–water partition coefficient (Wildman–Crippen LogP) is 1.57. The molecule has 16 heavy (non-hydrogen) atoms. The van der Waals surface area contributed by atoms with E-state index in [2.05, 4.69) is 4.98 Å². The molecule has 0 saturated heterocycles. The van der Waals surface area contributed by atoms with E-state index >= 15 is 0 Å². The molecule has 0 amide bonds. The first kappa shape index (κ1) is 10.5. The Morgan fingerprint density at radius 2 is 1.88 bits per heavy atom. The first-order chi connectivity index (χ1) is 7.65. The van der Waals surface area contributed by atoms with Crippen molar-refractivity contribution in [1.82, 2.24) is 9.55 Å². The van der Waals surface area contributed by atoms with E-state index in [9.17, 15) is 13.6 Å². The molecule has 0 aliphatic carbocycles. The molecule has 2 rings (SSSR count). The Labute approximate surface area is 90.0 Å². The molecule has 82 valence electrons. The Hall–Kier alpha value is -2.04. The number of rotatable bonds is 2. The second-order valence-electron chi connectivity index (χ2n) is 3.32. The van der Waals surface area contributed by atoms with Crippen LogP contribution < -0.4 is 5.56 Å². The highest BCUT2D eigenvalue weighted by atomic mass is 19.1. The molecule has 0 atom stereocenters. The molecule has 3 nitrogen and oxygen atoms in total. The van der Waals surface area contributed by atoms with Crippen molar-refractivity contribution in [2.45, 2.75) is 6.54 Å². The minimum atomic E-state index is -0.660. The zero-order chi connectivity index (χ0) is 11.5. The van der Waals surface area contributed by atoms with E-state index in [0.717, 1.165) is 6.07 Å². The third-order valence-electron chi connectivity index (χ3n) is 2.07. The van der Waals surface area contributed by atoms with E-state index in [1.165, 1.54) is 35.3 Å². The normalized spacial score (nSPS) is 10.4. The van der Waals surface area contributed by atoms with Gasteiger partial charge in [-0.05, 0) is 17.7 Å². The van der Waals surface area contributed by atoms with Gasteiger partial charge in [-0.3, -0.25) is 9.36 Å². The molecular formula is C11H8F2N2O. The van der Waals surface area contributed by atoms with Gasteiger partial charge in [-0.1, -0.05) is 0 Å². The summed E-state index contributed by atoms with van der Waals surface area (Å²) in [6, 6.07) is 4.44. The first-order valence-corrected chi connectivity index (χ1v) is 4.60. The molecule has 0 saturated carbocycles. The molecule has 0 spiro atoms. The molecular weight excluding hydrogens is 214 g/mol. The quantitative estimate of drug-likeness (QED) is 0.773. The van der Waals surface area contributed by atoms with Crippen LogP contribution in [-0.4, -0.2) is 9.55 Å². The summed E-state index contributed by atoms with van der Waals surface area (Å²) in [6.07, 6.45) is 2.69. The maximum Gasteiger partial charge on any atom is 0.253 e. The van der Waals surface area contributed by atoms with Gasteiger partial charge in [-0.2, -0.15) is 0 Å². The first-order valence-electron chi connectivity index (χ1n) is 4.60. The van der Waals surface area contributed by atoms with Crippen molar-refractivity contribution in [2.24, 2.45) is 0 Å². The van der Waals surface area contributed by atoms with Crippen molar-refractivity contribution in [3.05, 3.63) is 64.3 Å². The summed E-state index contributed by atoms with van der Waals surface area (Å²) in [5.41, 5.74) is 0.118. The smallest absolute Gasteiger partial charge is 0.253 e. The maximum absolute atomic E-state index is 12.9. The van der Waals surface area contributed by atoms with Crippen LogP contribution in [0, 0.1) is 11.6 Å². The lowest BCUT2D eigenvalue weighted by molar-refractivity contribution is 0.576. The van der Waals surface area contributed by atoms with Gasteiger partial charge in [0.15, 0.2) is 0 Å². The van der Waals surface area contributed by atoms with E-state index in [-0.39, 0.29) is 12.1 Å². The molecule has 1 aromatic heterocycles. The minimum Gasteiger partial charge on any atom is -0.295 e. The summed E-state index contributed by atoms with van der Waals surface area (Å²) in [4.78, 5) is 15.1. The molecule has 0 aliphatic heterocycles. The zero-order valence-electron chi connectivity index (χ0n) is 8.23. The molecule has 1 aromatic carbocycles. The number of aromatic nitrogens is 2. The lowest BCUT2D eigenvalue weighted by atomic mass is 10.2. The molecule has 0 radical (unpaired) electrons. The van der Waals surface area contributed by atoms with Gasteiger partial charge in [-0.25, -0.2) is 13.8 Å². The summed E-state index contributed by atoms with van der Waals surface area (Å²) < 4.78 is 27.0. The van der Waals surface area contributed by atoms with Crippen LogP contribution in [0.1, 0.15) is 5.56 Å². The van der Waals surface area contributed by atoms with E-state index in [1.54, 1.807) is 0 Å². The van der Waals surface area contributed by atoms with Crippen LogP contribution in [0.5, 0.6) is 0 Å². The van der Waals surface area contributed by atoms with Crippen LogP contribution in [0.2, 0.25) is 0 Å². The summed E-state index contributed by atoms with van der Waals surface area (Å²) in [5, 5.41) is 0. The lowest BCUT2D eigenvalue weighted by Crippen LogP contribution is -2.19. The van der Waals surface area contributed by atoms with Gasteiger partial charge >= 0.3 is 0 Å². The highest BCUT2D eigenvalue weighted by Gasteiger charge is 2.02. The van der Waals surface area contributed by atoms with Crippen molar-refractivity contribution < 1.29 is 8.78 Å². The molecule has 0 bridgehead atoms. The highest BCUT2D eigenvalue weighted by Crippen LogP contribution is 2.08. The minimum absolute atomic E-state index is 0.0986. The van der Waals surface area contributed by atoms with Gasteiger partial charge in [0.2, 0.25) is 0 Å². The molecule has 0 aliphatic rings. The molecule has 1 heterocycles. The lowest BCUT2D eigenvalue weighted by Gasteiger charge is -2.04. The van der Waals surface area contributed by atoms with Gasteiger partial charge < -0.3 is 0 Å². The second-order valence-corrected chi connectivity index (χ2v) is 3.32. The fraction of sp³-hybridized carbons (Fsp3) is 0.0909. The Balaban J connectivity index is 2.34. The Morgan fingerprint density at radius 3 is 2.50 bits per heavy atom. The summed E-state index contributed by atoms with van der Waals surface area (Å²) in [7, 11) is 0. The Morgan fingerprint density at radius 1 is 1.19 bits per heavy atom. The van der Waals surface area contributed by atoms with Crippen LogP contribution in [0.15, 0.2) is 41.6 Å². The average Bonchev–Trinajstić information content (AvgIpc) is 2.20. The van der Waals surface area contributed by atoms with Crippen molar-refractivity contribution in [3.8, 4) is 0 Å². The molecule has 2 aromatic rings. The number of nitrogens with zero attached hydrogens (tertiary/aromatic N) is 2. The van der Waals surface area contributed by atoms with Crippen LogP contribution in [0.25, 0.3) is 0 Å². The van der Waals surface area contributed by atoms with Gasteiger partial charge in [0.25, 0.3) is 5.56 Å². The number of halogens is 2. The maximum atomic E-state index is 12.9. The van der Waals surface area contributed by atoms with Crippen LogP contribution in [0.4, 0.5) is 8.78 Å². The van der Waals surface area contributed by atoms with Crippen molar-refractivity contribution in [3.63, 3.8) is 0 Å². The summed E-state index contributed by atoms with van der Waals surface area (Å²) in [6.45, 7) is 0.0986. The van der Waals surface area contributed by atoms with Crippen molar-refractivity contribution >= 4 is 0 Å². The monoisotopic (exact) mass is 222 g/mol. The fourth-order valence-corrected chi connectivity index (χ4v) is 1.40. The molecule has 5 heteroatoms. The second kappa shape index (κ2) is 4.22. The van der Waals surface area contributed by atoms with Crippen molar-refractivity contribution in [1.29, 1.82) is 0 Å². The Kier molecular flexibility index (Phi) is 2.76. The van der Waals surface area contributed by atoms with Gasteiger partial charge in [-0.15, -0.1) is 0 Å². The van der Waals surface area contributed by atoms with Gasteiger partial charge in [0.1, 0.15) is 11.6 Å². The van der Waals surface area contributed by atoms with Crippen molar-refractivity contribution in [2.75, 3.05) is 0 Å². The highest BCUT2D eigenvalue weighted by molar-refractivity contribution is 5.18. The predicted molar refractivity (Wildman–Crippen MR) is 54.0 cm³/mol. The van der Waals surface area contributed by atoms with E-state index in [0.29, 0.717) is 5.56 Å². The molecule has 0 unspecified atom stereocenters. The van der Waals surface area contributed by atoms with Crippen LogP contribution >= 0.6 is 0 Å². The summed E-state index contributed by atoms with van der Waals surface area (Å²) >= 11 is 0. The topological polar surface area (TPSA) is 34.9 Å². The standard InChI is InChI=1S/C11H8F2N2O/c12-9-3-8(4-10(13)5-9)6-15-7-14-2-1-11(15)16/h1-5,7H,6H2. The molecule has 0 N–H and O–H groups in total. The van der Waals surface area contributed by atoms with Crippen LogP contribution in [0.3, 0.4) is 0 Å². The largest absolute Gasteiger partial charge is 0.295 e. The van der Waals surface area contributed by atoms with Crippen LogP contribution in [-0.2, 0) is 6.54 Å². The summed E-state index contributed by atoms with van der Waals surface area (Å²) in [5.74, 6) is -1.32. The Bertz CT molecular complexity index is 546. The fourth-order valence-electron chi connectivity index (χ4n) is 1.40. The van der Waals surface area contributed by atoms with E-state index in [1.807, 2.05) is 0 Å². The zero-order valence-corrected chi connectivity index (χ0v) is 8.23. The number of hydrogen-bond donors (Lipinski definition) is 0. The number of benzene rings is 1. The van der Waals surface area contributed by atoms with Gasteiger partial charge in [0.05, 0.1) is 12.9 Å². The van der Waals surface area contributed by atoms with Gasteiger partial charge in [0, 0.05) is 18.3 Å². The SMILES string of the molecule is O=c1ccncn1Cc1cc(F)cc(F)c1. The number of hydrogen-bond acceptors (Lipinski definition) is 2. The van der Waals surface area contributed by atoms with E-state index < -0.39 is 11.6 Å². The van der Waals surface area contributed by atoms with E-state index in [4.69, 9.17) is 0 Å². The third-order valence-corrected chi connectivity index (χ3v) is 2.07. The average molecular weight is 222 g/mol.